The fourth-order valence-corrected chi connectivity index (χ4v) is 8.15. The molecule has 0 saturated heterocycles. The maximum atomic E-state index is 7.76. The van der Waals surface area contributed by atoms with Crippen molar-refractivity contribution in [2.75, 3.05) is 13.7 Å². The van der Waals surface area contributed by atoms with Crippen LogP contribution in [0.3, 0.4) is 0 Å². The van der Waals surface area contributed by atoms with Crippen LogP contribution < -0.4 is 21.4 Å². The summed E-state index contributed by atoms with van der Waals surface area (Å²) in [7, 11) is -0.755. The molecule has 0 spiro atoms. The van der Waals surface area contributed by atoms with Crippen molar-refractivity contribution in [3.8, 4) is 0 Å². The van der Waals surface area contributed by atoms with Gasteiger partial charge in [0, 0.05) is 26.1 Å². The minimum Gasteiger partial charge on any atom is -0.406 e. The van der Waals surface area contributed by atoms with Gasteiger partial charge in [0.05, 0.1) is 5.84 Å². The fraction of sp³-hybridized carbons (Fsp3) is 0.409. The molecule has 0 amide bonds. The molecule has 2 rings (SSSR count). The summed E-state index contributed by atoms with van der Waals surface area (Å²) in [4.78, 5) is 0. The zero-order valence-corrected chi connectivity index (χ0v) is 18.0. The SMILES string of the molecule is CNC(=N)CCC(N)CO[Si](c1ccccc1)(c1ccccc1)C(C)(C)C. The van der Waals surface area contributed by atoms with E-state index >= 15 is 0 Å². The van der Waals surface area contributed by atoms with E-state index in [9.17, 15) is 0 Å². The number of nitrogens with two attached hydrogens (primary N) is 1. The second kappa shape index (κ2) is 9.31. The van der Waals surface area contributed by atoms with Gasteiger partial charge in [-0.2, -0.15) is 0 Å². The number of benzene rings is 2. The number of amidine groups is 1. The molecule has 0 fully saturated rings. The minimum atomic E-state index is -2.53. The standard InChI is InChI=1S/C22H33N3OSi/c1-22(2,3)27(19-11-7-5-8-12-19,20-13-9-6-10-14-20)26-17-18(23)15-16-21(24)25-4/h5-14,18H,15-17,23H2,1-4H3,(H2,24,25). The molecule has 4 N–H and O–H groups in total. The van der Waals surface area contributed by atoms with Gasteiger partial charge in [0.25, 0.3) is 8.32 Å². The van der Waals surface area contributed by atoms with Gasteiger partial charge in [0.15, 0.2) is 0 Å². The van der Waals surface area contributed by atoms with E-state index in [1.54, 1.807) is 7.05 Å². The number of rotatable bonds is 8. The molecule has 5 heteroatoms. The third-order valence-corrected chi connectivity index (χ3v) is 10.0. The van der Waals surface area contributed by atoms with Crippen molar-refractivity contribution in [3.05, 3.63) is 60.7 Å². The van der Waals surface area contributed by atoms with E-state index in [0.717, 1.165) is 6.42 Å². The summed E-state index contributed by atoms with van der Waals surface area (Å²) in [6.07, 6.45) is 1.37. The van der Waals surface area contributed by atoms with Crippen molar-refractivity contribution in [1.29, 1.82) is 5.41 Å². The number of hydrogen-bond donors (Lipinski definition) is 3. The second-order valence-corrected chi connectivity index (χ2v) is 12.3. The summed E-state index contributed by atoms with van der Waals surface area (Å²) >= 11 is 0. The lowest BCUT2D eigenvalue weighted by Gasteiger charge is -2.43. The molecule has 0 aliphatic heterocycles. The van der Waals surface area contributed by atoms with Crippen LogP contribution in [0, 0.1) is 5.41 Å². The monoisotopic (exact) mass is 383 g/mol. The topological polar surface area (TPSA) is 71.1 Å². The van der Waals surface area contributed by atoms with E-state index in [1.807, 2.05) is 12.1 Å². The first-order valence-electron chi connectivity index (χ1n) is 9.57. The summed E-state index contributed by atoms with van der Waals surface area (Å²) in [5.74, 6) is 0.510. The summed E-state index contributed by atoms with van der Waals surface area (Å²) in [6, 6.07) is 21.1. The molecule has 0 bridgehead atoms. The quantitative estimate of drug-likeness (QED) is 0.373. The van der Waals surface area contributed by atoms with Crippen molar-refractivity contribution in [1.82, 2.24) is 5.32 Å². The third-order valence-electron chi connectivity index (χ3n) is 5.00. The van der Waals surface area contributed by atoms with Gasteiger partial charge in [-0.1, -0.05) is 81.4 Å². The molecular weight excluding hydrogens is 350 g/mol. The third kappa shape index (κ3) is 5.06. The van der Waals surface area contributed by atoms with Crippen LogP contribution in [0.5, 0.6) is 0 Å². The Morgan fingerprint density at radius 3 is 1.93 bits per heavy atom. The van der Waals surface area contributed by atoms with Gasteiger partial charge >= 0.3 is 0 Å². The van der Waals surface area contributed by atoms with Crippen molar-refractivity contribution in [2.24, 2.45) is 5.73 Å². The molecule has 0 aromatic heterocycles. The average Bonchev–Trinajstić information content (AvgIpc) is 2.67. The Morgan fingerprint density at radius 2 is 1.52 bits per heavy atom. The van der Waals surface area contributed by atoms with Gasteiger partial charge in [-0.05, 0) is 21.8 Å². The summed E-state index contributed by atoms with van der Waals surface area (Å²) in [6.45, 7) is 7.29. The van der Waals surface area contributed by atoms with E-state index in [-0.39, 0.29) is 11.1 Å². The van der Waals surface area contributed by atoms with Gasteiger partial charge in [-0.15, -0.1) is 0 Å². The Balaban J connectivity index is 2.36. The molecule has 0 saturated carbocycles. The molecule has 2 aromatic rings. The van der Waals surface area contributed by atoms with E-state index in [2.05, 4.69) is 74.6 Å². The summed E-state index contributed by atoms with van der Waals surface area (Å²) < 4.78 is 6.82. The molecule has 4 nitrogen and oxygen atoms in total. The first-order chi connectivity index (χ1) is 12.8. The van der Waals surface area contributed by atoms with Crippen molar-refractivity contribution < 1.29 is 4.43 Å². The van der Waals surface area contributed by atoms with Crippen LogP contribution >= 0.6 is 0 Å². The Hall–Kier alpha value is -1.95. The number of hydrogen-bond acceptors (Lipinski definition) is 3. The van der Waals surface area contributed by atoms with Crippen LogP contribution in [-0.2, 0) is 4.43 Å². The second-order valence-electron chi connectivity index (χ2n) is 8.00. The molecule has 1 unspecified atom stereocenters. The molecule has 2 aromatic carbocycles. The molecule has 1 atom stereocenters. The molecule has 0 radical (unpaired) electrons. The van der Waals surface area contributed by atoms with E-state index in [1.165, 1.54) is 10.4 Å². The van der Waals surface area contributed by atoms with Crippen molar-refractivity contribution in [3.63, 3.8) is 0 Å². The van der Waals surface area contributed by atoms with Gasteiger partial charge in [0.1, 0.15) is 0 Å². The molecule has 0 aliphatic carbocycles. The first-order valence-corrected chi connectivity index (χ1v) is 11.5. The smallest absolute Gasteiger partial charge is 0.261 e. The summed E-state index contributed by atoms with van der Waals surface area (Å²) in [5, 5.41) is 13.1. The van der Waals surface area contributed by atoms with E-state index in [0.29, 0.717) is 18.9 Å². The van der Waals surface area contributed by atoms with Gasteiger partial charge in [-0.25, -0.2) is 0 Å². The summed E-state index contributed by atoms with van der Waals surface area (Å²) in [5.41, 5.74) is 6.36. The largest absolute Gasteiger partial charge is 0.406 e. The zero-order chi connectivity index (χ0) is 19.9. The lowest BCUT2D eigenvalue weighted by Crippen LogP contribution is -2.67. The lowest BCUT2D eigenvalue weighted by atomic mass is 10.2. The maximum absolute atomic E-state index is 7.76. The predicted octanol–water partition coefficient (Wildman–Crippen LogP) is 2.87. The van der Waals surface area contributed by atoms with Crippen LogP contribution in [0.4, 0.5) is 0 Å². The van der Waals surface area contributed by atoms with Crippen LogP contribution in [0.1, 0.15) is 33.6 Å². The molecule has 0 aliphatic rings. The number of nitrogens with one attached hydrogen (secondary N) is 2. The Morgan fingerprint density at radius 1 is 1.04 bits per heavy atom. The highest BCUT2D eigenvalue weighted by atomic mass is 28.4. The van der Waals surface area contributed by atoms with Crippen LogP contribution in [-0.4, -0.2) is 33.8 Å². The molecule has 27 heavy (non-hydrogen) atoms. The van der Waals surface area contributed by atoms with Crippen LogP contribution in [0.25, 0.3) is 0 Å². The van der Waals surface area contributed by atoms with E-state index < -0.39 is 8.32 Å². The fourth-order valence-electron chi connectivity index (χ4n) is 3.53. The maximum Gasteiger partial charge on any atom is 0.261 e. The normalized spacial score (nSPS) is 13.2. The van der Waals surface area contributed by atoms with Crippen molar-refractivity contribution >= 4 is 24.5 Å². The van der Waals surface area contributed by atoms with Crippen LogP contribution in [0.15, 0.2) is 60.7 Å². The highest BCUT2D eigenvalue weighted by molar-refractivity contribution is 6.99. The van der Waals surface area contributed by atoms with Gasteiger partial charge in [-0.3, -0.25) is 5.41 Å². The Bertz CT molecular complexity index is 674. The van der Waals surface area contributed by atoms with Crippen molar-refractivity contribution in [2.45, 2.75) is 44.7 Å². The highest BCUT2D eigenvalue weighted by Gasteiger charge is 2.50. The molecule has 0 heterocycles. The molecule has 146 valence electrons. The van der Waals surface area contributed by atoms with Gasteiger partial charge < -0.3 is 15.5 Å². The Labute approximate surface area is 164 Å². The lowest BCUT2D eigenvalue weighted by molar-refractivity contribution is 0.267. The minimum absolute atomic E-state index is 0.0485. The van der Waals surface area contributed by atoms with Gasteiger partial charge in [0.2, 0.25) is 0 Å². The van der Waals surface area contributed by atoms with Crippen LogP contribution in [0.2, 0.25) is 5.04 Å². The van der Waals surface area contributed by atoms with E-state index in [4.69, 9.17) is 15.6 Å². The molecular formula is C22H33N3OSi. The zero-order valence-electron chi connectivity index (χ0n) is 17.0. The predicted molar refractivity (Wildman–Crippen MR) is 118 cm³/mol. The highest BCUT2D eigenvalue weighted by Crippen LogP contribution is 2.36. The Kier molecular flexibility index (Phi) is 7.36. The average molecular weight is 384 g/mol. The first kappa shape index (κ1) is 21.3.